The molecule has 0 aliphatic heterocycles. The number of alkyl halides is 3. The molecule has 0 aliphatic rings. The van der Waals surface area contributed by atoms with Gasteiger partial charge in [-0.1, -0.05) is 19.1 Å². The van der Waals surface area contributed by atoms with Crippen LogP contribution in [-0.4, -0.2) is 32.0 Å². The third kappa shape index (κ3) is 4.98. The average Bonchev–Trinajstić information content (AvgIpc) is 2.37. The Morgan fingerprint density at radius 3 is 2.43 bits per heavy atom. The summed E-state index contributed by atoms with van der Waals surface area (Å²) in [6.07, 6.45) is -4.29. The summed E-state index contributed by atoms with van der Waals surface area (Å²) >= 11 is 0. The van der Waals surface area contributed by atoms with Gasteiger partial charge in [-0.15, -0.1) is 0 Å². The predicted molar refractivity (Wildman–Crippen MR) is 74.1 cm³/mol. The third-order valence-electron chi connectivity index (χ3n) is 2.85. The summed E-state index contributed by atoms with van der Waals surface area (Å²) in [5.41, 5.74) is 6.23. The van der Waals surface area contributed by atoms with Gasteiger partial charge < -0.3 is 5.73 Å². The smallest absolute Gasteiger partial charge is 0.324 e. The van der Waals surface area contributed by atoms with Gasteiger partial charge in [0.05, 0.1) is 4.90 Å². The van der Waals surface area contributed by atoms with Crippen LogP contribution in [0.3, 0.4) is 0 Å². The maximum absolute atomic E-state index is 12.6. The van der Waals surface area contributed by atoms with Crippen LogP contribution >= 0.6 is 0 Å². The summed E-state index contributed by atoms with van der Waals surface area (Å²) in [5.74, 6) is 0. The molecule has 0 heterocycles. The lowest BCUT2D eigenvalue weighted by molar-refractivity contribution is -0.136. The van der Waals surface area contributed by atoms with Crippen molar-refractivity contribution in [3.05, 3.63) is 29.8 Å². The summed E-state index contributed by atoms with van der Waals surface area (Å²) < 4.78 is 62.8. The molecular formula is C13H19F3N2O2S. The van der Waals surface area contributed by atoms with Crippen molar-refractivity contribution < 1.29 is 21.6 Å². The first-order chi connectivity index (χ1) is 9.58. The van der Waals surface area contributed by atoms with Crippen molar-refractivity contribution in [1.82, 2.24) is 4.31 Å². The quantitative estimate of drug-likeness (QED) is 0.875. The molecule has 1 aromatic carbocycles. The van der Waals surface area contributed by atoms with Crippen LogP contribution in [0.5, 0.6) is 0 Å². The van der Waals surface area contributed by atoms with E-state index in [0.717, 1.165) is 0 Å². The number of hydrogen-bond acceptors (Lipinski definition) is 3. The fraction of sp³-hybridized carbons (Fsp3) is 0.538. The van der Waals surface area contributed by atoms with Crippen LogP contribution in [0, 0.1) is 0 Å². The zero-order chi connectivity index (χ0) is 16.3. The Morgan fingerprint density at radius 2 is 1.95 bits per heavy atom. The van der Waals surface area contributed by atoms with Crippen molar-refractivity contribution >= 4 is 10.0 Å². The van der Waals surface area contributed by atoms with E-state index in [1.54, 1.807) is 19.9 Å². The summed E-state index contributed by atoms with van der Waals surface area (Å²) in [5, 5.41) is 0. The maximum atomic E-state index is 12.6. The van der Waals surface area contributed by atoms with Crippen LogP contribution in [0.1, 0.15) is 31.9 Å². The minimum Gasteiger partial charge on any atom is -0.324 e. The fourth-order valence-electron chi connectivity index (χ4n) is 1.84. The minimum absolute atomic E-state index is 0.171. The molecule has 2 N–H and O–H groups in total. The molecule has 4 nitrogen and oxygen atoms in total. The number of benzene rings is 1. The Kier molecular flexibility index (Phi) is 5.77. The average molecular weight is 324 g/mol. The Labute approximate surface area is 122 Å². The van der Waals surface area contributed by atoms with Crippen LogP contribution in [-0.2, 0) is 10.0 Å². The number of halogens is 3. The van der Waals surface area contributed by atoms with Gasteiger partial charge in [-0.2, -0.15) is 17.5 Å². The minimum atomic E-state index is -4.58. The molecule has 0 aliphatic carbocycles. The molecule has 1 aromatic rings. The molecular weight excluding hydrogens is 305 g/mol. The topological polar surface area (TPSA) is 63.4 Å². The summed E-state index contributed by atoms with van der Waals surface area (Å²) in [7, 11) is -4.19. The van der Waals surface area contributed by atoms with Gasteiger partial charge in [0.1, 0.15) is 6.54 Å². The summed E-state index contributed by atoms with van der Waals surface area (Å²) in [4.78, 5) is -0.171. The normalized spacial score (nSPS) is 14.4. The molecule has 0 spiro atoms. The van der Waals surface area contributed by atoms with Gasteiger partial charge in [-0.3, -0.25) is 0 Å². The van der Waals surface area contributed by atoms with Gasteiger partial charge in [0, 0.05) is 12.6 Å². The lowest BCUT2D eigenvalue weighted by atomic mass is 10.1. The second kappa shape index (κ2) is 6.76. The van der Waals surface area contributed by atoms with Crippen LogP contribution in [0.25, 0.3) is 0 Å². The van der Waals surface area contributed by atoms with E-state index in [1.165, 1.54) is 18.2 Å². The SMILES string of the molecule is CCCN(CC(F)(F)F)S(=O)(=O)c1cccc(C(C)N)c1. The van der Waals surface area contributed by atoms with Crippen molar-refractivity contribution in [1.29, 1.82) is 0 Å². The van der Waals surface area contributed by atoms with Gasteiger partial charge in [-0.05, 0) is 31.0 Å². The van der Waals surface area contributed by atoms with Gasteiger partial charge in [0.2, 0.25) is 10.0 Å². The van der Waals surface area contributed by atoms with Gasteiger partial charge >= 0.3 is 6.18 Å². The first-order valence-electron chi connectivity index (χ1n) is 6.50. The maximum Gasteiger partial charge on any atom is 0.402 e. The van der Waals surface area contributed by atoms with E-state index in [4.69, 9.17) is 5.73 Å². The molecule has 0 fully saturated rings. The van der Waals surface area contributed by atoms with Crippen LogP contribution in [0.15, 0.2) is 29.2 Å². The molecule has 1 unspecified atom stereocenters. The van der Waals surface area contributed by atoms with Crippen molar-refractivity contribution in [2.45, 2.75) is 37.4 Å². The van der Waals surface area contributed by atoms with Crippen LogP contribution < -0.4 is 5.73 Å². The molecule has 1 rings (SSSR count). The zero-order valence-electron chi connectivity index (χ0n) is 11.9. The highest BCUT2D eigenvalue weighted by atomic mass is 32.2. The van der Waals surface area contributed by atoms with Gasteiger partial charge in [0.25, 0.3) is 0 Å². The number of nitrogens with zero attached hydrogens (tertiary/aromatic N) is 1. The monoisotopic (exact) mass is 324 g/mol. The van der Waals surface area contributed by atoms with Crippen LogP contribution in [0.4, 0.5) is 13.2 Å². The standard InChI is InChI=1S/C13H19F3N2O2S/c1-3-7-18(9-13(14,15)16)21(19,20)12-6-4-5-11(8-12)10(2)17/h4-6,8,10H,3,7,9,17H2,1-2H3. The molecule has 120 valence electrons. The molecule has 0 saturated carbocycles. The highest BCUT2D eigenvalue weighted by molar-refractivity contribution is 7.89. The Hall–Kier alpha value is -1.12. The first kappa shape index (κ1) is 17.9. The van der Waals surface area contributed by atoms with Crippen molar-refractivity contribution in [2.75, 3.05) is 13.1 Å². The second-order valence-corrected chi connectivity index (χ2v) is 6.75. The molecule has 0 bridgehead atoms. The van der Waals surface area contributed by atoms with Crippen LogP contribution in [0.2, 0.25) is 0 Å². The molecule has 0 radical (unpaired) electrons. The number of hydrogen-bond donors (Lipinski definition) is 1. The third-order valence-corrected chi connectivity index (χ3v) is 4.69. The van der Waals surface area contributed by atoms with E-state index < -0.39 is 28.8 Å². The predicted octanol–water partition coefficient (Wildman–Crippen LogP) is 2.67. The summed E-state index contributed by atoms with van der Waals surface area (Å²) in [6.45, 7) is 1.61. The highest BCUT2D eigenvalue weighted by Crippen LogP contribution is 2.24. The van der Waals surface area contributed by atoms with Gasteiger partial charge in [-0.25, -0.2) is 8.42 Å². The van der Waals surface area contributed by atoms with E-state index in [1.807, 2.05) is 0 Å². The van der Waals surface area contributed by atoms with E-state index in [0.29, 0.717) is 16.3 Å². The fourth-order valence-corrected chi connectivity index (χ4v) is 3.41. The van der Waals surface area contributed by atoms with E-state index in [2.05, 4.69) is 0 Å². The Bertz CT molecular complexity index is 571. The van der Waals surface area contributed by atoms with Crippen molar-refractivity contribution in [2.24, 2.45) is 5.73 Å². The zero-order valence-corrected chi connectivity index (χ0v) is 12.7. The molecule has 0 saturated heterocycles. The molecule has 1 atom stereocenters. The molecule has 21 heavy (non-hydrogen) atoms. The number of nitrogens with two attached hydrogens (primary N) is 1. The largest absolute Gasteiger partial charge is 0.402 e. The number of sulfonamides is 1. The molecule has 8 heteroatoms. The lowest BCUT2D eigenvalue weighted by Gasteiger charge is -2.23. The number of rotatable bonds is 6. The van der Waals surface area contributed by atoms with E-state index in [-0.39, 0.29) is 11.4 Å². The Balaban J connectivity index is 3.19. The first-order valence-corrected chi connectivity index (χ1v) is 7.94. The lowest BCUT2D eigenvalue weighted by Crippen LogP contribution is -2.39. The Morgan fingerprint density at radius 1 is 1.33 bits per heavy atom. The molecule has 0 amide bonds. The van der Waals surface area contributed by atoms with E-state index in [9.17, 15) is 21.6 Å². The van der Waals surface area contributed by atoms with Gasteiger partial charge in [0.15, 0.2) is 0 Å². The van der Waals surface area contributed by atoms with E-state index >= 15 is 0 Å². The van der Waals surface area contributed by atoms with Crippen molar-refractivity contribution in [3.8, 4) is 0 Å². The second-order valence-electron chi connectivity index (χ2n) is 4.81. The molecule has 0 aromatic heterocycles. The van der Waals surface area contributed by atoms with Crippen molar-refractivity contribution in [3.63, 3.8) is 0 Å². The summed E-state index contributed by atoms with van der Waals surface area (Å²) in [6, 6.07) is 5.31. The highest BCUT2D eigenvalue weighted by Gasteiger charge is 2.36.